The average molecular weight is 988 g/mol. The number of hydrogen-bond acceptors (Lipinski definition) is 25. The Kier molecular flexibility index (Phi) is 13.8. The highest BCUT2D eigenvalue weighted by Crippen LogP contribution is 2.33. The number of nitrogen functional groups attached to an aromatic ring is 1. The molecule has 3 aliphatic heterocycles. The number of rotatable bonds is 6. The van der Waals surface area contributed by atoms with Crippen molar-refractivity contribution in [1.29, 1.82) is 0 Å². The second-order valence-electron chi connectivity index (χ2n) is 15.3. The number of hydrogen-bond donors (Lipinski definition) is 17. The van der Waals surface area contributed by atoms with E-state index in [1.165, 1.54) is 45.3 Å². The van der Waals surface area contributed by atoms with Gasteiger partial charge in [-0.1, -0.05) is 0 Å². The second-order valence-corrected chi connectivity index (χ2v) is 15.3. The minimum Gasteiger partial charge on any atom is -0.394 e. The van der Waals surface area contributed by atoms with Gasteiger partial charge in [0.25, 0.3) is 16.7 Å². The Labute approximate surface area is 382 Å². The quantitative estimate of drug-likeness (QED) is 0.0735. The monoisotopic (exact) mass is 987 g/mol. The molecule has 35 heteroatoms. The van der Waals surface area contributed by atoms with Gasteiger partial charge < -0.3 is 70.9 Å². The van der Waals surface area contributed by atoms with Crippen LogP contribution in [0.2, 0.25) is 0 Å². The van der Waals surface area contributed by atoms with Gasteiger partial charge in [-0.05, 0) is 0 Å². The molecule has 374 valence electrons. The van der Waals surface area contributed by atoms with Gasteiger partial charge in [-0.15, -0.1) is 0 Å². The van der Waals surface area contributed by atoms with Crippen LogP contribution in [0.1, 0.15) is 18.7 Å². The maximum atomic E-state index is 11.6. The summed E-state index contributed by atoms with van der Waals surface area (Å²) in [5, 5.41) is 86.0. The van der Waals surface area contributed by atoms with Gasteiger partial charge in [-0.2, -0.15) is 0 Å². The molecule has 35 nitrogen and oxygen atoms in total. The molecule has 0 spiro atoms. The molecule has 0 unspecified atom stereocenters. The Hall–Kier alpha value is -7.68. The van der Waals surface area contributed by atoms with Crippen molar-refractivity contribution in [2.24, 2.45) is 0 Å². The number of imidazole rings is 4. The molecule has 0 radical (unpaired) electrons. The number of anilines is 1. The molecule has 3 aliphatic rings. The molecule has 0 aromatic carbocycles. The van der Waals surface area contributed by atoms with Gasteiger partial charge in [0.2, 0.25) is 0 Å². The number of aromatic amines is 7. The Morgan fingerprint density at radius 2 is 0.957 bits per heavy atom. The fourth-order valence-electron chi connectivity index (χ4n) is 7.54. The molecule has 12 atom stereocenters. The third-order valence-electron chi connectivity index (χ3n) is 11.0. The largest absolute Gasteiger partial charge is 0.394 e. The molecule has 11 heterocycles. The fraction of sp³-hybridized carbons (Fsp3) is 0.429. The van der Waals surface area contributed by atoms with Crippen molar-refractivity contribution >= 4 is 50.5 Å². The first kappa shape index (κ1) is 48.8. The summed E-state index contributed by atoms with van der Waals surface area (Å²) in [6.45, 7) is -1.29. The second kappa shape index (κ2) is 19.7. The summed E-state index contributed by atoms with van der Waals surface area (Å²) in [6, 6.07) is 0. The van der Waals surface area contributed by atoms with Crippen molar-refractivity contribution < 1.29 is 60.2 Å². The molecule has 3 fully saturated rings. The zero-order valence-corrected chi connectivity index (χ0v) is 35.2. The maximum Gasteiger partial charge on any atom is 0.327 e. The summed E-state index contributed by atoms with van der Waals surface area (Å²) in [6.07, 6.45) is -6.63. The van der Waals surface area contributed by atoms with Crippen molar-refractivity contribution in [2.45, 2.75) is 73.6 Å². The van der Waals surface area contributed by atoms with E-state index in [1.807, 2.05) is 9.97 Å². The molecular formula is C35H41N17O18. The Balaban J connectivity index is 0.000000127. The van der Waals surface area contributed by atoms with E-state index < -0.39 is 127 Å². The normalized spacial score (nSPS) is 27.3. The number of aliphatic hydroxyl groups excluding tert-OH is 9. The average Bonchev–Trinajstić information content (AvgIpc) is 4.22. The smallest absolute Gasteiger partial charge is 0.327 e. The van der Waals surface area contributed by atoms with Crippen molar-refractivity contribution in [1.82, 2.24) is 78.5 Å². The SMILES string of the molecule is Nc1ncnc2c1ncn2[C@@H]1O[C@H](CO)[C@@H](O)[C@H]1O.O=c1[nH]c(=O)c2[nH]c(=O)[nH]c2[nH]1.O=c1[nH]c(=O)c2ncn([C@@H]3O[C@H](CO)[C@@H](O)[C@H]3O)c2[nH]1.O=c1[nH]cnc2c1ncn2[C@@H]1O[C@H](CO)[C@@H](O)[C@H]1O. The van der Waals surface area contributed by atoms with Crippen LogP contribution in [0, 0.1) is 0 Å². The molecule has 8 aromatic heterocycles. The lowest BCUT2D eigenvalue weighted by molar-refractivity contribution is -0.0511. The predicted molar refractivity (Wildman–Crippen MR) is 228 cm³/mol. The number of nitrogens with two attached hydrogens (primary N) is 1. The summed E-state index contributed by atoms with van der Waals surface area (Å²) in [7, 11) is 0. The molecular weight excluding hydrogens is 946 g/mol. The van der Waals surface area contributed by atoms with E-state index in [2.05, 4.69) is 54.8 Å². The highest BCUT2D eigenvalue weighted by molar-refractivity contribution is 5.81. The molecule has 18 N–H and O–H groups in total. The highest BCUT2D eigenvalue weighted by Gasteiger charge is 2.46. The molecule has 0 amide bonds. The summed E-state index contributed by atoms with van der Waals surface area (Å²) >= 11 is 0. The molecule has 3 saturated heterocycles. The van der Waals surface area contributed by atoms with Crippen LogP contribution in [0.3, 0.4) is 0 Å². The molecule has 0 aliphatic carbocycles. The van der Waals surface area contributed by atoms with Gasteiger partial charge in [-0.25, -0.2) is 44.3 Å². The number of H-pyrrole nitrogens is 7. The van der Waals surface area contributed by atoms with Crippen LogP contribution in [0.15, 0.2) is 60.4 Å². The molecule has 8 aromatic rings. The summed E-state index contributed by atoms with van der Waals surface area (Å²) in [5.74, 6) is 0.218. The maximum absolute atomic E-state index is 11.6. The number of nitrogens with one attached hydrogen (secondary N) is 7. The zero-order valence-electron chi connectivity index (χ0n) is 35.2. The van der Waals surface area contributed by atoms with Crippen molar-refractivity contribution in [2.75, 3.05) is 25.6 Å². The van der Waals surface area contributed by atoms with Crippen LogP contribution < -0.4 is 39.5 Å². The van der Waals surface area contributed by atoms with Crippen LogP contribution in [0.25, 0.3) is 44.7 Å². The van der Waals surface area contributed by atoms with Gasteiger partial charge >= 0.3 is 17.1 Å². The van der Waals surface area contributed by atoms with Crippen LogP contribution in [-0.4, -0.2) is 199 Å². The Morgan fingerprint density at radius 3 is 1.50 bits per heavy atom. The summed E-state index contributed by atoms with van der Waals surface area (Å²) in [4.78, 5) is 106. The van der Waals surface area contributed by atoms with E-state index in [4.69, 9.17) is 35.3 Å². The number of fused-ring (bicyclic) bond motifs is 4. The van der Waals surface area contributed by atoms with Gasteiger partial charge in [0.15, 0.2) is 46.8 Å². The number of ether oxygens (including phenoxy) is 3. The van der Waals surface area contributed by atoms with E-state index in [0.717, 1.165) is 0 Å². The topological polar surface area (TPSA) is 541 Å². The van der Waals surface area contributed by atoms with E-state index in [-0.39, 0.29) is 39.3 Å². The molecule has 0 bridgehead atoms. The first-order chi connectivity index (χ1) is 33.4. The number of nitrogens with zero attached hydrogens (tertiary/aromatic N) is 9. The third-order valence-corrected chi connectivity index (χ3v) is 11.0. The summed E-state index contributed by atoms with van der Waals surface area (Å²) in [5.41, 5.74) is 3.37. The van der Waals surface area contributed by atoms with E-state index in [1.54, 1.807) is 0 Å². The van der Waals surface area contributed by atoms with Gasteiger partial charge in [-0.3, -0.25) is 58.0 Å². The lowest BCUT2D eigenvalue weighted by atomic mass is 10.1. The van der Waals surface area contributed by atoms with Crippen LogP contribution >= 0.6 is 0 Å². The van der Waals surface area contributed by atoms with Crippen molar-refractivity contribution in [3.63, 3.8) is 0 Å². The van der Waals surface area contributed by atoms with E-state index in [0.29, 0.717) is 11.2 Å². The van der Waals surface area contributed by atoms with Crippen LogP contribution in [-0.2, 0) is 14.2 Å². The first-order valence-electron chi connectivity index (χ1n) is 20.3. The van der Waals surface area contributed by atoms with Crippen LogP contribution in [0.4, 0.5) is 5.82 Å². The van der Waals surface area contributed by atoms with Gasteiger partial charge in [0.1, 0.15) is 83.6 Å². The van der Waals surface area contributed by atoms with Gasteiger partial charge in [0, 0.05) is 0 Å². The van der Waals surface area contributed by atoms with E-state index >= 15 is 0 Å². The predicted octanol–water partition coefficient (Wildman–Crippen LogP) is -8.99. The van der Waals surface area contributed by atoms with Crippen LogP contribution in [0.5, 0.6) is 0 Å². The fourth-order valence-corrected chi connectivity index (χ4v) is 7.54. The lowest BCUT2D eigenvalue weighted by Crippen LogP contribution is -2.33. The summed E-state index contributed by atoms with van der Waals surface area (Å²) < 4.78 is 20.1. The Bertz CT molecular complexity index is 3500. The number of aromatic nitrogens is 16. The molecule has 0 saturated carbocycles. The molecule has 70 heavy (non-hydrogen) atoms. The van der Waals surface area contributed by atoms with Crippen molar-refractivity contribution in [3.05, 3.63) is 94.2 Å². The third kappa shape index (κ3) is 9.03. The minimum atomic E-state index is -1.33. The Morgan fingerprint density at radius 1 is 0.500 bits per heavy atom. The highest BCUT2D eigenvalue weighted by atomic mass is 16.6. The van der Waals surface area contributed by atoms with Crippen molar-refractivity contribution in [3.8, 4) is 0 Å². The minimum absolute atomic E-state index is 0.0256. The van der Waals surface area contributed by atoms with E-state index in [9.17, 15) is 59.4 Å². The zero-order chi connectivity index (χ0) is 50.3. The van der Waals surface area contributed by atoms with Gasteiger partial charge in [0.05, 0.1) is 45.1 Å². The number of aliphatic hydroxyl groups is 9. The standard InChI is InChI=1S/C10H13N5O4.C10H12N4O6.C10H12N4O5.C5H4N4O3/c11-8-5-9(13-2-12-8)15(3-14-5)10-7(18)6(17)4(1-16)19-10;15-1-3-5(16)6(17)9(20-3)14-2-11-4-7(14)12-10(19)13-8(4)18;15-1-4-6(16)7(17)10(19-4)14-3-13-5-8(14)11-2-12-9(5)18;10-3-1-2(7-4(11)6-1)8-5(12)9-3/h2-4,6-7,10,16-18H,1H2,(H2,11,12,13);2-3,5-6,9,15-17H,1H2,(H2,12,13,18,19);2-4,6-7,10,15-17H,1H2,(H,11,12,18);(H4,6,7,8,9,10,11,12)/t4-,6-,7-,10-;3-,5-,6-,9-;4-,6-,7-,10-;/m111./s1. The molecule has 11 rings (SSSR count). The lowest BCUT2D eigenvalue weighted by Gasteiger charge is -2.16. The first-order valence-corrected chi connectivity index (χ1v) is 20.3.